The van der Waals surface area contributed by atoms with E-state index in [9.17, 15) is 5.11 Å². The van der Waals surface area contributed by atoms with Crippen LogP contribution in [-0.4, -0.2) is 16.7 Å². The summed E-state index contributed by atoms with van der Waals surface area (Å²) in [5.41, 5.74) is 1.87. The Morgan fingerprint density at radius 3 is 2.95 bits per heavy atom. The van der Waals surface area contributed by atoms with Gasteiger partial charge in [0.15, 0.2) is 0 Å². The number of aromatic nitrogens is 1. The van der Waals surface area contributed by atoms with Gasteiger partial charge in [0.05, 0.1) is 11.6 Å². The third-order valence-corrected chi connectivity index (χ3v) is 4.56. The summed E-state index contributed by atoms with van der Waals surface area (Å²) in [6.45, 7) is 0.143. The number of aliphatic hydroxyl groups excluding tert-OH is 1. The molecule has 0 spiro atoms. The molecule has 0 aliphatic carbocycles. The van der Waals surface area contributed by atoms with Crippen molar-refractivity contribution < 1.29 is 5.11 Å². The monoisotopic (exact) mass is 318 g/mol. The number of anilines is 1. The minimum absolute atomic E-state index is 0.0938. The molecule has 3 aromatic rings. The van der Waals surface area contributed by atoms with Gasteiger partial charge in [-0.25, -0.2) is 0 Å². The maximum atomic E-state index is 9.30. The molecule has 0 fully saturated rings. The zero-order valence-electron chi connectivity index (χ0n) is 11.3. The fraction of sp³-hybridized carbons (Fsp3) is 0.188. The van der Waals surface area contributed by atoms with Crippen LogP contribution in [0, 0.1) is 0 Å². The van der Waals surface area contributed by atoms with E-state index in [1.54, 1.807) is 17.5 Å². The van der Waals surface area contributed by atoms with E-state index in [1.807, 2.05) is 35.7 Å². The predicted octanol–water partition coefficient (Wildman–Crippen LogP) is 4.49. The smallest absolute Gasteiger partial charge is 0.0737 e. The first kappa shape index (κ1) is 14.3. The summed E-state index contributed by atoms with van der Waals surface area (Å²) in [7, 11) is 0. The highest BCUT2D eigenvalue weighted by Crippen LogP contribution is 2.30. The Balaban J connectivity index is 1.96. The molecule has 0 bridgehead atoms. The van der Waals surface area contributed by atoms with Gasteiger partial charge in [0.2, 0.25) is 0 Å². The molecule has 1 atom stereocenters. The summed E-state index contributed by atoms with van der Waals surface area (Å²) in [5.74, 6) is 0. The van der Waals surface area contributed by atoms with Crippen LogP contribution in [0.1, 0.15) is 17.3 Å². The summed E-state index contributed by atoms with van der Waals surface area (Å²) in [6, 6.07) is 11.8. The number of halogens is 1. The number of nitrogens with one attached hydrogen (secondary N) is 1. The molecule has 2 heterocycles. The molecule has 3 rings (SSSR count). The molecular formula is C16H15ClN2OS. The van der Waals surface area contributed by atoms with E-state index in [2.05, 4.69) is 16.4 Å². The lowest BCUT2D eigenvalue weighted by molar-refractivity contribution is 0.280. The molecule has 0 saturated heterocycles. The average Bonchev–Trinajstić information content (AvgIpc) is 3.01. The normalized spacial score (nSPS) is 12.5. The Hall–Kier alpha value is -1.62. The number of nitrogens with zero attached hydrogens (tertiary/aromatic N) is 1. The van der Waals surface area contributed by atoms with Crippen LogP contribution in [-0.2, 0) is 0 Å². The second-order valence-corrected chi connectivity index (χ2v) is 6.16. The first-order valence-electron chi connectivity index (χ1n) is 6.73. The third-order valence-electron chi connectivity index (χ3n) is 3.34. The molecule has 2 aromatic heterocycles. The zero-order chi connectivity index (χ0) is 14.7. The zero-order valence-corrected chi connectivity index (χ0v) is 12.9. The van der Waals surface area contributed by atoms with Crippen LogP contribution in [0.15, 0.2) is 48.0 Å². The van der Waals surface area contributed by atoms with E-state index in [4.69, 9.17) is 11.6 Å². The SMILES string of the molecule is OCCC(Nc1ccnc2cc(Cl)ccc12)c1cccs1. The van der Waals surface area contributed by atoms with Crippen LogP contribution in [0.5, 0.6) is 0 Å². The van der Waals surface area contributed by atoms with Gasteiger partial charge in [0.25, 0.3) is 0 Å². The lowest BCUT2D eigenvalue weighted by Crippen LogP contribution is -2.11. The number of aliphatic hydroxyl groups is 1. The third kappa shape index (κ3) is 3.18. The van der Waals surface area contributed by atoms with Gasteiger partial charge in [0.1, 0.15) is 0 Å². The van der Waals surface area contributed by atoms with Gasteiger partial charge >= 0.3 is 0 Å². The fourth-order valence-electron chi connectivity index (χ4n) is 2.34. The van der Waals surface area contributed by atoms with Crippen molar-refractivity contribution in [1.29, 1.82) is 0 Å². The second-order valence-electron chi connectivity index (χ2n) is 4.74. The molecule has 108 valence electrons. The summed E-state index contributed by atoms with van der Waals surface area (Å²) in [6.07, 6.45) is 2.43. The van der Waals surface area contributed by atoms with E-state index in [0.717, 1.165) is 16.6 Å². The minimum atomic E-state index is 0.0938. The van der Waals surface area contributed by atoms with Gasteiger partial charge in [-0.1, -0.05) is 17.7 Å². The predicted molar refractivity (Wildman–Crippen MR) is 89.1 cm³/mol. The molecule has 0 amide bonds. The van der Waals surface area contributed by atoms with Crippen LogP contribution in [0.4, 0.5) is 5.69 Å². The topological polar surface area (TPSA) is 45.1 Å². The standard InChI is InChI=1S/C16H15ClN2OS/c17-11-3-4-12-13(5-7-18-15(12)10-11)19-14(6-8-20)16-2-1-9-21-16/h1-5,7,9-10,14,20H,6,8H2,(H,18,19). The lowest BCUT2D eigenvalue weighted by Gasteiger charge is -2.19. The maximum absolute atomic E-state index is 9.30. The highest BCUT2D eigenvalue weighted by atomic mass is 35.5. The molecule has 3 nitrogen and oxygen atoms in total. The Morgan fingerprint density at radius 2 is 2.19 bits per heavy atom. The number of hydrogen-bond donors (Lipinski definition) is 2. The van der Waals surface area contributed by atoms with Crippen molar-refractivity contribution in [3.8, 4) is 0 Å². The Labute approximate surface area is 132 Å². The van der Waals surface area contributed by atoms with E-state index in [1.165, 1.54) is 4.88 Å². The number of benzene rings is 1. The molecular weight excluding hydrogens is 304 g/mol. The van der Waals surface area contributed by atoms with Crippen LogP contribution < -0.4 is 5.32 Å². The first-order valence-corrected chi connectivity index (χ1v) is 7.99. The highest BCUT2D eigenvalue weighted by molar-refractivity contribution is 7.10. The van der Waals surface area contributed by atoms with Gasteiger partial charge in [-0.2, -0.15) is 0 Å². The van der Waals surface area contributed by atoms with Crippen molar-refractivity contribution in [1.82, 2.24) is 4.98 Å². The maximum Gasteiger partial charge on any atom is 0.0737 e. The summed E-state index contributed by atoms with van der Waals surface area (Å²) in [5, 5.41) is 16.6. The molecule has 0 saturated carbocycles. The van der Waals surface area contributed by atoms with E-state index in [0.29, 0.717) is 11.4 Å². The second kappa shape index (κ2) is 6.43. The molecule has 0 aliphatic heterocycles. The number of rotatable bonds is 5. The lowest BCUT2D eigenvalue weighted by atomic mass is 10.1. The van der Waals surface area contributed by atoms with Gasteiger partial charge in [-0.3, -0.25) is 4.98 Å². The Kier molecular flexibility index (Phi) is 4.39. The highest BCUT2D eigenvalue weighted by Gasteiger charge is 2.13. The molecule has 5 heteroatoms. The van der Waals surface area contributed by atoms with Crippen LogP contribution in [0.2, 0.25) is 5.02 Å². The molecule has 21 heavy (non-hydrogen) atoms. The van der Waals surface area contributed by atoms with Gasteiger partial charge in [-0.05, 0) is 42.1 Å². The summed E-state index contributed by atoms with van der Waals surface area (Å²) >= 11 is 7.70. The average molecular weight is 319 g/mol. The fourth-order valence-corrected chi connectivity index (χ4v) is 3.32. The van der Waals surface area contributed by atoms with Crippen LogP contribution in [0.3, 0.4) is 0 Å². The number of fused-ring (bicyclic) bond motifs is 1. The van der Waals surface area contributed by atoms with Crippen LogP contribution in [0.25, 0.3) is 10.9 Å². The van der Waals surface area contributed by atoms with Crippen molar-refractivity contribution in [3.63, 3.8) is 0 Å². The number of pyridine rings is 1. The molecule has 1 aromatic carbocycles. The first-order chi connectivity index (χ1) is 10.3. The van der Waals surface area contributed by atoms with E-state index in [-0.39, 0.29) is 12.6 Å². The summed E-state index contributed by atoms with van der Waals surface area (Å²) < 4.78 is 0. The van der Waals surface area contributed by atoms with Crippen LogP contribution >= 0.6 is 22.9 Å². The number of hydrogen-bond acceptors (Lipinski definition) is 4. The molecule has 2 N–H and O–H groups in total. The summed E-state index contributed by atoms with van der Waals surface area (Å²) in [4.78, 5) is 5.56. The van der Waals surface area contributed by atoms with Crippen molar-refractivity contribution in [2.75, 3.05) is 11.9 Å². The number of thiophene rings is 1. The van der Waals surface area contributed by atoms with Crippen molar-refractivity contribution >= 4 is 39.5 Å². The van der Waals surface area contributed by atoms with Crippen molar-refractivity contribution in [2.24, 2.45) is 0 Å². The van der Waals surface area contributed by atoms with E-state index < -0.39 is 0 Å². The molecule has 0 aliphatic rings. The molecule has 0 radical (unpaired) electrons. The van der Waals surface area contributed by atoms with Gasteiger partial charge in [0, 0.05) is 33.8 Å². The quantitative estimate of drug-likeness (QED) is 0.728. The van der Waals surface area contributed by atoms with E-state index >= 15 is 0 Å². The van der Waals surface area contributed by atoms with Crippen molar-refractivity contribution in [2.45, 2.75) is 12.5 Å². The van der Waals surface area contributed by atoms with Crippen molar-refractivity contribution in [3.05, 3.63) is 57.9 Å². The largest absolute Gasteiger partial charge is 0.396 e. The Bertz CT molecular complexity index is 730. The van der Waals surface area contributed by atoms with Gasteiger partial charge in [-0.15, -0.1) is 11.3 Å². The molecule has 1 unspecified atom stereocenters. The Morgan fingerprint density at radius 1 is 1.29 bits per heavy atom. The minimum Gasteiger partial charge on any atom is -0.396 e. The van der Waals surface area contributed by atoms with Gasteiger partial charge < -0.3 is 10.4 Å².